The van der Waals surface area contributed by atoms with Gasteiger partial charge >= 0.3 is 0 Å². The van der Waals surface area contributed by atoms with Crippen molar-refractivity contribution in [2.45, 2.75) is 43.5 Å². The first kappa shape index (κ1) is 16.3. The summed E-state index contributed by atoms with van der Waals surface area (Å²) in [6, 6.07) is 6.36. The zero-order valence-electron chi connectivity index (χ0n) is 12.6. The predicted octanol–water partition coefficient (Wildman–Crippen LogP) is 1.81. The summed E-state index contributed by atoms with van der Waals surface area (Å²) in [5.41, 5.74) is 6.16. The van der Waals surface area contributed by atoms with Crippen LogP contribution in [0.4, 0.5) is 5.69 Å². The van der Waals surface area contributed by atoms with Gasteiger partial charge in [-0.1, -0.05) is 13.3 Å². The monoisotopic (exact) mass is 311 g/mol. The Kier molecular flexibility index (Phi) is 5.61. The molecule has 0 atom stereocenters. The number of unbranched alkanes of at least 4 members (excludes halogenated alkanes) is 1. The summed E-state index contributed by atoms with van der Waals surface area (Å²) in [4.78, 5) is 2.70. The highest BCUT2D eigenvalue weighted by molar-refractivity contribution is 7.89. The Labute approximate surface area is 127 Å². The second-order valence-electron chi connectivity index (χ2n) is 5.66. The summed E-state index contributed by atoms with van der Waals surface area (Å²) < 4.78 is 27.4. The van der Waals surface area contributed by atoms with Gasteiger partial charge in [-0.15, -0.1) is 0 Å². The van der Waals surface area contributed by atoms with E-state index in [4.69, 9.17) is 5.73 Å². The SMILES string of the molecule is CCCCN1CCC(NS(=O)(=O)c2ccc(N)cc2)CC1. The maximum atomic E-state index is 12.3. The van der Waals surface area contributed by atoms with Gasteiger partial charge in [-0.25, -0.2) is 13.1 Å². The smallest absolute Gasteiger partial charge is 0.240 e. The molecule has 1 heterocycles. The van der Waals surface area contributed by atoms with Crippen LogP contribution in [-0.4, -0.2) is 39.0 Å². The van der Waals surface area contributed by atoms with Gasteiger partial charge < -0.3 is 10.6 Å². The number of nitrogen functional groups attached to an aromatic ring is 1. The van der Waals surface area contributed by atoms with Gasteiger partial charge in [0.15, 0.2) is 0 Å². The van der Waals surface area contributed by atoms with E-state index in [0.717, 1.165) is 32.5 Å². The number of sulfonamides is 1. The van der Waals surface area contributed by atoms with Crippen LogP contribution >= 0.6 is 0 Å². The van der Waals surface area contributed by atoms with Crippen LogP contribution in [0.3, 0.4) is 0 Å². The molecule has 21 heavy (non-hydrogen) atoms. The number of rotatable bonds is 6. The van der Waals surface area contributed by atoms with Crippen LogP contribution < -0.4 is 10.5 Å². The highest BCUT2D eigenvalue weighted by Crippen LogP contribution is 2.16. The molecule has 118 valence electrons. The molecule has 1 aliphatic rings. The number of nitrogens with one attached hydrogen (secondary N) is 1. The molecule has 1 aromatic rings. The van der Waals surface area contributed by atoms with Crippen LogP contribution in [0.15, 0.2) is 29.2 Å². The number of piperidine rings is 1. The van der Waals surface area contributed by atoms with Crippen molar-refractivity contribution in [3.8, 4) is 0 Å². The van der Waals surface area contributed by atoms with Gasteiger partial charge in [-0.05, 0) is 63.2 Å². The molecule has 0 saturated carbocycles. The molecule has 0 aromatic heterocycles. The van der Waals surface area contributed by atoms with E-state index in [0.29, 0.717) is 5.69 Å². The van der Waals surface area contributed by atoms with E-state index in [1.54, 1.807) is 24.3 Å². The highest BCUT2D eigenvalue weighted by Gasteiger charge is 2.24. The minimum atomic E-state index is -3.44. The van der Waals surface area contributed by atoms with E-state index in [1.807, 2.05) is 0 Å². The van der Waals surface area contributed by atoms with E-state index in [1.165, 1.54) is 12.8 Å². The van der Waals surface area contributed by atoms with Crippen LogP contribution in [0.1, 0.15) is 32.6 Å². The van der Waals surface area contributed by atoms with Crippen molar-refractivity contribution in [2.24, 2.45) is 0 Å². The Hall–Kier alpha value is -1.11. The van der Waals surface area contributed by atoms with Gasteiger partial charge in [0.05, 0.1) is 4.90 Å². The summed E-state index contributed by atoms with van der Waals surface area (Å²) in [6.07, 6.45) is 4.15. The van der Waals surface area contributed by atoms with Crippen molar-refractivity contribution < 1.29 is 8.42 Å². The molecule has 3 N–H and O–H groups in total. The lowest BCUT2D eigenvalue weighted by Crippen LogP contribution is -2.44. The van der Waals surface area contributed by atoms with Crippen molar-refractivity contribution in [1.82, 2.24) is 9.62 Å². The fourth-order valence-electron chi connectivity index (χ4n) is 2.59. The molecule has 6 heteroatoms. The molecule has 1 aromatic carbocycles. The largest absolute Gasteiger partial charge is 0.399 e. The number of nitrogens with two attached hydrogens (primary N) is 1. The molecule has 0 bridgehead atoms. The third-order valence-corrected chi connectivity index (χ3v) is 5.46. The zero-order chi connectivity index (χ0) is 15.3. The highest BCUT2D eigenvalue weighted by atomic mass is 32.2. The van der Waals surface area contributed by atoms with Crippen molar-refractivity contribution in [2.75, 3.05) is 25.4 Å². The van der Waals surface area contributed by atoms with E-state index < -0.39 is 10.0 Å². The van der Waals surface area contributed by atoms with Crippen molar-refractivity contribution >= 4 is 15.7 Å². The Morgan fingerprint density at radius 3 is 2.43 bits per heavy atom. The van der Waals surface area contributed by atoms with Crippen LogP contribution in [0.2, 0.25) is 0 Å². The molecule has 5 nitrogen and oxygen atoms in total. The third kappa shape index (κ3) is 4.69. The fourth-order valence-corrected chi connectivity index (χ4v) is 3.90. The minimum absolute atomic E-state index is 0.0328. The molecule has 0 aliphatic carbocycles. The first-order valence-electron chi connectivity index (χ1n) is 7.61. The normalized spacial score (nSPS) is 18.0. The maximum Gasteiger partial charge on any atom is 0.240 e. The topological polar surface area (TPSA) is 75.4 Å². The van der Waals surface area contributed by atoms with Gasteiger partial charge in [0.25, 0.3) is 0 Å². The molecule has 0 radical (unpaired) electrons. The molecule has 1 aliphatic heterocycles. The summed E-state index contributed by atoms with van der Waals surface area (Å²) in [6.45, 7) is 5.24. The first-order valence-corrected chi connectivity index (χ1v) is 9.10. The lowest BCUT2D eigenvalue weighted by molar-refractivity contribution is 0.205. The van der Waals surface area contributed by atoms with Crippen LogP contribution in [0.25, 0.3) is 0 Å². The third-order valence-electron chi connectivity index (χ3n) is 3.93. The summed E-state index contributed by atoms with van der Waals surface area (Å²) >= 11 is 0. The molecular formula is C15H25N3O2S. The molecule has 1 saturated heterocycles. The summed E-state index contributed by atoms with van der Waals surface area (Å²) in [7, 11) is -3.44. The van der Waals surface area contributed by atoms with E-state index in [2.05, 4.69) is 16.5 Å². The van der Waals surface area contributed by atoms with Crippen LogP contribution in [0, 0.1) is 0 Å². The Bertz CT molecular complexity index is 535. The number of likely N-dealkylation sites (tertiary alicyclic amines) is 1. The minimum Gasteiger partial charge on any atom is -0.399 e. The first-order chi connectivity index (χ1) is 10.0. The summed E-state index contributed by atoms with van der Waals surface area (Å²) in [5, 5.41) is 0. The number of nitrogens with zero attached hydrogens (tertiary/aromatic N) is 1. The molecule has 2 rings (SSSR count). The zero-order valence-corrected chi connectivity index (χ0v) is 13.4. The fraction of sp³-hybridized carbons (Fsp3) is 0.600. The molecule has 0 unspecified atom stereocenters. The van der Waals surface area contributed by atoms with E-state index in [9.17, 15) is 8.42 Å². The molecule has 1 fully saturated rings. The maximum absolute atomic E-state index is 12.3. The number of benzene rings is 1. The lowest BCUT2D eigenvalue weighted by Gasteiger charge is -2.32. The molecule has 0 spiro atoms. The van der Waals surface area contributed by atoms with E-state index in [-0.39, 0.29) is 10.9 Å². The van der Waals surface area contributed by atoms with Gasteiger partial charge in [-0.3, -0.25) is 0 Å². The second-order valence-corrected chi connectivity index (χ2v) is 7.37. The average Bonchev–Trinajstić information content (AvgIpc) is 2.47. The quantitative estimate of drug-likeness (QED) is 0.786. The van der Waals surface area contributed by atoms with Gasteiger partial charge in [0.1, 0.15) is 0 Å². The molecule has 0 amide bonds. The Morgan fingerprint density at radius 2 is 1.86 bits per heavy atom. The Balaban J connectivity index is 1.89. The Morgan fingerprint density at radius 1 is 1.24 bits per heavy atom. The lowest BCUT2D eigenvalue weighted by atomic mass is 10.1. The second kappa shape index (κ2) is 7.24. The molecular weight excluding hydrogens is 286 g/mol. The average molecular weight is 311 g/mol. The number of hydrogen-bond acceptors (Lipinski definition) is 4. The van der Waals surface area contributed by atoms with E-state index >= 15 is 0 Å². The van der Waals surface area contributed by atoms with Gasteiger partial charge in [-0.2, -0.15) is 0 Å². The van der Waals surface area contributed by atoms with Crippen LogP contribution in [0.5, 0.6) is 0 Å². The number of hydrogen-bond donors (Lipinski definition) is 2. The summed E-state index contributed by atoms with van der Waals surface area (Å²) in [5.74, 6) is 0. The van der Waals surface area contributed by atoms with Crippen molar-refractivity contribution in [1.29, 1.82) is 0 Å². The van der Waals surface area contributed by atoms with Crippen LogP contribution in [-0.2, 0) is 10.0 Å². The number of anilines is 1. The van der Waals surface area contributed by atoms with Crippen molar-refractivity contribution in [3.05, 3.63) is 24.3 Å². The van der Waals surface area contributed by atoms with Gasteiger partial charge in [0, 0.05) is 11.7 Å². The van der Waals surface area contributed by atoms with Crippen molar-refractivity contribution in [3.63, 3.8) is 0 Å². The standard InChI is InChI=1S/C15H25N3O2S/c1-2-3-10-18-11-8-14(9-12-18)17-21(19,20)15-6-4-13(16)5-7-15/h4-7,14,17H,2-3,8-12,16H2,1H3. The predicted molar refractivity (Wildman–Crippen MR) is 85.5 cm³/mol. The van der Waals surface area contributed by atoms with Gasteiger partial charge in [0.2, 0.25) is 10.0 Å².